The lowest BCUT2D eigenvalue weighted by Gasteiger charge is -2.36. The highest BCUT2D eigenvalue weighted by atomic mass is 16.5. The third-order valence-corrected chi connectivity index (χ3v) is 9.20. The van der Waals surface area contributed by atoms with E-state index in [4.69, 9.17) is 9.47 Å². The number of aromatic amines is 1. The third-order valence-electron chi connectivity index (χ3n) is 9.20. The first-order valence-corrected chi connectivity index (χ1v) is 15.8. The van der Waals surface area contributed by atoms with Gasteiger partial charge in [-0.3, -0.25) is 4.79 Å². The Bertz CT molecular complexity index is 1640. The number of aliphatic hydroxyl groups excluding tert-OH is 1. The monoisotopic (exact) mass is 592 g/mol. The maximum Gasteiger partial charge on any atom is 0.249 e. The van der Waals surface area contributed by atoms with Gasteiger partial charge in [0, 0.05) is 80.0 Å². The second-order valence-corrected chi connectivity index (χ2v) is 12.1. The van der Waals surface area contributed by atoms with Gasteiger partial charge in [0.25, 0.3) is 0 Å². The van der Waals surface area contributed by atoms with E-state index in [0.29, 0.717) is 19.2 Å². The fourth-order valence-corrected chi connectivity index (χ4v) is 6.68. The first-order chi connectivity index (χ1) is 21.6. The van der Waals surface area contributed by atoms with Gasteiger partial charge in [0.05, 0.1) is 13.2 Å². The Kier molecular flexibility index (Phi) is 8.37. The van der Waals surface area contributed by atoms with Crippen LogP contribution in [0.2, 0.25) is 0 Å². The number of nitrogens with zero attached hydrogens (tertiary/aromatic N) is 2. The Hall–Kier alpha value is -4.11. The summed E-state index contributed by atoms with van der Waals surface area (Å²) in [6.45, 7) is 5.35. The second kappa shape index (κ2) is 12.9. The van der Waals surface area contributed by atoms with Crippen LogP contribution in [-0.4, -0.2) is 60.4 Å². The maximum absolute atomic E-state index is 11.9. The Labute approximate surface area is 258 Å². The van der Waals surface area contributed by atoms with Crippen molar-refractivity contribution in [2.75, 3.05) is 49.5 Å². The van der Waals surface area contributed by atoms with Crippen molar-refractivity contribution in [2.24, 2.45) is 0 Å². The van der Waals surface area contributed by atoms with Gasteiger partial charge in [0.1, 0.15) is 17.6 Å². The summed E-state index contributed by atoms with van der Waals surface area (Å²) in [7, 11) is 0. The van der Waals surface area contributed by atoms with Gasteiger partial charge in [-0.1, -0.05) is 42.5 Å². The zero-order valence-electron chi connectivity index (χ0n) is 25.0. The van der Waals surface area contributed by atoms with Crippen LogP contribution in [0.25, 0.3) is 0 Å². The number of ether oxygens (including phenoxy) is 2. The fraction of sp³-hybridized carbons (Fsp3) is 0.361. The number of benzene rings is 3. The lowest BCUT2D eigenvalue weighted by molar-refractivity contribution is 0.0384. The molecule has 1 unspecified atom stereocenters. The number of anilines is 2. The average molecular weight is 593 g/mol. The topological polar surface area (TPSA) is 90.1 Å². The van der Waals surface area contributed by atoms with Crippen LogP contribution in [0.15, 0.2) is 83.8 Å². The number of aliphatic hydroxyl groups is 1. The third kappa shape index (κ3) is 6.38. The number of morpholine rings is 1. The number of hydrogen-bond donors (Lipinski definition) is 3. The van der Waals surface area contributed by atoms with E-state index in [0.717, 1.165) is 85.9 Å². The summed E-state index contributed by atoms with van der Waals surface area (Å²) < 4.78 is 12.8. The van der Waals surface area contributed by atoms with Crippen molar-refractivity contribution in [1.29, 1.82) is 0 Å². The fourth-order valence-electron chi connectivity index (χ4n) is 6.68. The summed E-state index contributed by atoms with van der Waals surface area (Å²) in [6, 6.07) is 25.2. The van der Waals surface area contributed by atoms with E-state index in [2.05, 4.69) is 68.6 Å². The SMILES string of the molecule is O=c1cc(N2CCOC(c3cccc4c3Oc3ccc(NC5CCN(CCc6ccc(CO)cc6)CC5)cc3C4)C2)cc[nH]1. The number of piperidine rings is 1. The second-order valence-electron chi connectivity index (χ2n) is 12.1. The highest BCUT2D eigenvalue weighted by Gasteiger charge is 2.29. The molecule has 3 aromatic carbocycles. The van der Waals surface area contributed by atoms with Crippen molar-refractivity contribution in [2.45, 2.75) is 44.4 Å². The van der Waals surface area contributed by atoms with Crippen LogP contribution in [0.3, 0.4) is 0 Å². The molecule has 2 saturated heterocycles. The minimum atomic E-state index is -0.141. The molecule has 8 nitrogen and oxygen atoms in total. The van der Waals surface area contributed by atoms with Crippen molar-refractivity contribution < 1.29 is 14.6 Å². The number of fused-ring (bicyclic) bond motifs is 2. The minimum absolute atomic E-state index is 0.0975. The molecule has 8 heteroatoms. The van der Waals surface area contributed by atoms with Crippen LogP contribution >= 0.6 is 0 Å². The van der Waals surface area contributed by atoms with Crippen molar-refractivity contribution in [3.05, 3.63) is 117 Å². The molecule has 2 fully saturated rings. The summed E-state index contributed by atoms with van der Waals surface area (Å²) in [4.78, 5) is 19.3. The highest BCUT2D eigenvalue weighted by Crippen LogP contribution is 2.43. The molecule has 1 atom stereocenters. The number of H-pyrrole nitrogens is 1. The summed E-state index contributed by atoms with van der Waals surface area (Å²) in [6.07, 6.45) is 5.66. The standard InChI is InChI=1S/C36H40N4O4/c41-24-26-6-4-25(5-7-26)11-15-39-16-12-29(13-17-39)38-30-8-9-33-28(21-30)20-27-2-1-3-32(36(27)44-33)34-23-40(18-19-43-34)31-10-14-37-35(42)22-31/h1-10,14,21-22,29,34,38,41H,11-13,15-20,23-24H2,(H,37,42). The quantitative estimate of drug-likeness (QED) is 0.227. The van der Waals surface area contributed by atoms with Crippen LogP contribution < -0.4 is 20.5 Å². The van der Waals surface area contributed by atoms with E-state index >= 15 is 0 Å². The van der Waals surface area contributed by atoms with E-state index < -0.39 is 0 Å². The molecule has 7 rings (SSSR count). The molecule has 228 valence electrons. The van der Waals surface area contributed by atoms with Gasteiger partial charge in [-0.2, -0.15) is 0 Å². The molecule has 0 aliphatic carbocycles. The normalized spacial score (nSPS) is 18.8. The molecular weight excluding hydrogens is 552 g/mol. The molecule has 0 radical (unpaired) electrons. The number of rotatable bonds is 8. The molecule has 1 aromatic heterocycles. The Balaban J connectivity index is 0.959. The van der Waals surface area contributed by atoms with E-state index in [-0.39, 0.29) is 18.3 Å². The smallest absolute Gasteiger partial charge is 0.249 e. The van der Waals surface area contributed by atoms with Crippen LogP contribution in [0.5, 0.6) is 11.5 Å². The molecule has 3 aliphatic rings. The lowest BCUT2D eigenvalue weighted by atomic mass is 9.95. The molecule has 4 heterocycles. The Morgan fingerprint density at radius 1 is 0.932 bits per heavy atom. The Morgan fingerprint density at radius 3 is 2.59 bits per heavy atom. The number of aromatic nitrogens is 1. The molecule has 0 bridgehead atoms. The van der Waals surface area contributed by atoms with Crippen LogP contribution in [0.1, 0.15) is 46.8 Å². The zero-order chi connectivity index (χ0) is 29.9. The van der Waals surface area contributed by atoms with Gasteiger partial charge in [-0.25, -0.2) is 0 Å². The first-order valence-electron chi connectivity index (χ1n) is 15.8. The molecule has 3 aliphatic heterocycles. The Morgan fingerprint density at radius 2 is 1.77 bits per heavy atom. The summed E-state index contributed by atoms with van der Waals surface area (Å²) in [5.74, 6) is 1.80. The maximum atomic E-state index is 11.9. The zero-order valence-corrected chi connectivity index (χ0v) is 25.0. The number of para-hydroxylation sites is 1. The molecule has 0 spiro atoms. The van der Waals surface area contributed by atoms with E-state index in [1.807, 2.05) is 18.2 Å². The lowest BCUT2D eigenvalue weighted by Crippen LogP contribution is -2.40. The average Bonchev–Trinajstić information content (AvgIpc) is 3.07. The number of nitrogens with one attached hydrogen (secondary N) is 2. The molecular formula is C36H40N4O4. The van der Waals surface area contributed by atoms with Gasteiger partial charge >= 0.3 is 0 Å². The highest BCUT2D eigenvalue weighted by molar-refractivity contribution is 5.59. The van der Waals surface area contributed by atoms with Gasteiger partial charge in [-0.15, -0.1) is 0 Å². The number of pyridine rings is 1. The summed E-state index contributed by atoms with van der Waals surface area (Å²) >= 11 is 0. The number of hydrogen-bond acceptors (Lipinski definition) is 7. The molecule has 3 N–H and O–H groups in total. The number of likely N-dealkylation sites (tertiary alicyclic amines) is 1. The summed E-state index contributed by atoms with van der Waals surface area (Å²) in [5, 5.41) is 13.0. The van der Waals surface area contributed by atoms with Gasteiger partial charge in [-0.05, 0) is 60.2 Å². The molecule has 44 heavy (non-hydrogen) atoms. The van der Waals surface area contributed by atoms with E-state index in [1.165, 1.54) is 16.7 Å². The summed E-state index contributed by atoms with van der Waals surface area (Å²) in [5.41, 5.74) is 7.67. The van der Waals surface area contributed by atoms with Gasteiger partial charge < -0.3 is 34.7 Å². The molecule has 0 saturated carbocycles. The van der Waals surface area contributed by atoms with Crippen molar-refractivity contribution >= 4 is 11.4 Å². The van der Waals surface area contributed by atoms with E-state index in [9.17, 15) is 9.90 Å². The first kappa shape index (κ1) is 28.6. The predicted molar refractivity (Wildman–Crippen MR) is 173 cm³/mol. The van der Waals surface area contributed by atoms with Gasteiger partial charge in [0.2, 0.25) is 5.56 Å². The van der Waals surface area contributed by atoms with Crippen molar-refractivity contribution in [1.82, 2.24) is 9.88 Å². The predicted octanol–water partition coefficient (Wildman–Crippen LogP) is 5.26. The van der Waals surface area contributed by atoms with Crippen LogP contribution in [0, 0.1) is 0 Å². The van der Waals surface area contributed by atoms with Crippen LogP contribution in [0.4, 0.5) is 11.4 Å². The van der Waals surface area contributed by atoms with Crippen molar-refractivity contribution in [3.8, 4) is 11.5 Å². The van der Waals surface area contributed by atoms with Gasteiger partial charge in [0.15, 0.2) is 0 Å². The molecule has 0 amide bonds. The molecule has 4 aromatic rings. The van der Waals surface area contributed by atoms with Crippen LogP contribution in [-0.2, 0) is 24.2 Å². The minimum Gasteiger partial charge on any atom is -0.456 e. The van der Waals surface area contributed by atoms with Crippen molar-refractivity contribution in [3.63, 3.8) is 0 Å². The largest absolute Gasteiger partial charge is 0.456 e. The van der Waals surface area contributed by atoms with E-state index in [1.54, 1.807) is 12.3 Å².